The summed E-state index contributed by atoms with van der Waals surface area (Å²) in [5.41, 5.74) is 0. The Labute approximate surface area is 115 Å². The lowest BCUT2D eigenvalue weighted by Crippen LogP contribution is -2.37. The highest BCUT2D eigenvalue weighted by molar-refractivity contribution is 7.89. The van der Waals surface area contributed by atoms with Crippen molar-refractivity contribution >= 4 is 15.8 Å². The summed E-state index contributed by atoms with van der Waals surface area (Å²) in [5, 5.41) is 3.05. The molecule has 1 aliphatic rings. The molecule has 0 radical (unpaired) electrons. The zero-order valence-electron chi connectivity index (χ0n) is 11.5. The predicted octanol–water partition coefficient (Wildman–Crippen LogP) is 1.93. The average Bonchev–Trinajstić information content (AvgIpc) is 2.40. The number of anilines is 1. The lowest BCUT2D eigenvalue weighted by molar-refractivity contribution is 0.288. The molecule has 1 aromatic heterocycles. The van der Waals surface area contributed by atoms with Gasteiger partial charge in [0.05, 0.1) is 0 Å². The molecule has 106 valence electrons. The van der Waals surface area contributed by atoms with Crippen LogP contribution in [-0.2, 0) is 10.0 Å². The van der Waals surface area contributed by atoms with Crippen molar-refractivity contribution in [2.75, 3.05) is 25.0 Å². The first kappa shape index (κ1) is 14.3. The third-order valence-corrected chi connectivity index (χ3v) is 5.36. The second-order valence-electron chi connectivity index (χ2n) is 5.00. The summed E-state index contributed by atoms with van der Waals surface area (Å²) in [6.45, 7) is 6.12. The molecule has 19 heavy (non-hydrogen) atoms. The molecule has 0 spiro atoms. The van der Waals surface area contributed by atoms with E-state index in [0.717, 1.165) is 19.4 Å². The molecule has 0 saturated carbocycles. The minimum atomic E-state index is -3.37. The van der Waals surface area contributed by atoms with Gasteiger partial charge >= 0.3 is 0 Å². The van der Waals surface area contributed by atoms with Crippen molar-refractivity contribution in [2.45, 2.75) is 31.6 Å². The predicted molar refractivity (Wildman–Crippen MR) is 75.6 cm³/mol. The quantitative estimate of drug-likeness (QED) is 0.917. The Morgan fingerprint density at radius 1 is 1.37 bits per heavy atom. The molecule has 1 saturated heterocycles. The first-order valence-corrected chi connectivity index (χ1v) is 8.18. The molecule has 0 atom stereocenters. The normalized spacial score (nSPS) is 18.4. The molecule has 0 unspecified atom stereocenters. The molecule has 6 heteroatoms. The van der Waals surface area contributed by atoms with E-state index in [2.05, 4.69) is 17.2 Å². The van der Waals surface area contributed by atoms with Crippen LogP contribution in [0, 0.1) is 5.92 Å². The zero-order valence-corrected chi connectivity index (χ0v) is 12.3. The molecule has 0 aliphatic carbocycles. The zero-order chi connectivity index (χ0) is 13.9. The van der Waals surface area contributed by atoms with E-state index in [1.165, 1.54) is 6.20 Å². The van der Waals surface area contributed by atoms with E-state index in [9.17, 15) is 8.42 Å². The Bertz CT molecular complexity index is 505. The lowest BCUT2D eigenvalue weighted by atomic mass is 10.0. The second kappa shape index (κ2) is 5.88. The molecule has 2 heterocycles. The maximum Gasteiger partial charge on any atom is 0.244 e. The monoisotopic (exact) mass is 283 g/mol. The smallest absolute Gasteiger partial charge is 0.244 e. The van der Waals surface area contributed by atoms with E-state index in [1.807, 2.05) is 6.92 Å². The van der Waals surface area contributed by atoms with Crippen molar-refractivity contribution in [3.63, 3.8) is 0 Å². The number of hydrogen-bond acceptors (Lipinski definition) is 4. The standard InChI is InChI=1S/C13H21N3O2S/c1-3-14-13-5-4-12(10-15-13)19(17,18)16-8-6-11(2)7-9-16/h4-5,10-11H,3,6-9H2,1-2H3,(H,14,15). The number of piperidine rings is 1. The van der Waals surface area contributed by atoms with Gasteiger partial charge in [-0.15, -0.1) is 0 Å². The largest absolute Gasteiger partial charge is 0.370 e. The van der Waals surface area contributed by atoms with Gasteiger partial charge in [0.2, 0.25) is 10.0 Å². The minimum Gasteiger partial charge on any atom is -0.370 e. The van der Waals surface area contributed by atoms with E-state index in [-0.39, 0.29) is 4.90 Å². The third-order valence-electron chi connectivity index (χ3n) is 3.47. The van der Waals surface area contributed by atoms with Gasteiger partial charge in [0.15, 0.2) is 0 Å². The van der Waals surface area contributed by atoms with Crippen LogP contribution in [0.2, 0.25) is 0 Å². The van der Waals surface area contributed by atoms with Gasteiger partial charge in [-0.05, 0) is 37.8 Å². The van der Waals surface area contributed by atoms with Gasteiger partial charge in [0.1, 0.15) is 10.7 Å². The van der Waals surface area contributed by atoms with Gasteiger partial charge in [-0.2, -0.15) is 4.31 Å². The van der Waals surface area contributed by atoms with E-state index in [0.29, 0.717) is 24.8 Å². The van der Waals surface area contributed by atoms with Crippen LogP contribution < -0.4 is 5.32 Å². The SMILES string of the molecule is CCNc1ccc(S(=O)(=O)N2CCC(C)CC2)cn1. The van der Waals surface area contributed by atoms with Gasteiger partial charge in [-0.3, -0.25) is 0 Å². The molecule has 5 nitrogen and oxygen atoms in total. The van der Waals surface area contributed by atoms with Crippen LogP contribution in [0.1, 0.15) is 26.7 Å². The van der Waals surface area contributed by atoms with Crippen LogP contribution in [0.15, 0.2) is 23.2 Å². The van der Waals surface area contributed by atoms with Gasteiger partial charge in [0.25, 0.3) is 0 Å². The van der Waals surface area contributed by atoms with Crippen LogP contribution in [0.25, 0.3) is 0 Å². The Balaban J connectivity index is 2.15. The fraction of sp³-hybridized carbons (Fsp3) is 0.615. The van der Waals surface area contributed by atoms with Gasteiger partial charge in [0, 0.05) is 25.8 Å². The van der Waals surface area contributed by atoms with Gasteiger partial charge in [-0.1, -0.05) is 6.92 Å². The number of aromatic nitrogens is 1. The molecule has 0 bridgehead atoms. The van der Waals surface area contributed by atoms with E-state index < -0.39 is 10.0 Å². The van der Waals surface area contributed by atoms with Crippen LogP contribution in [0.4, 0.5) is 5.82 Å². The summed E-state index contributed by atoms with van der Waals surface area (Å²) in [6, 6.07) is 3.33. The van der Waals surface area contributed by atoms with Crippen molar-refractivity contribution in [3.8, 4) is 0 Å². The minimum absolute atomic E-state index is 0.281. The maximum absolute atomic E-state index is 12.4. The first-order valence-electron chi connectivity index (χ1n) is 6.74. The number of nitrogens with one attached hydrogen (secondary N) is 1. The second-order valence-corrected chi connectivity index (χ2v) is 6.93. The topological polar surface area (TPSA) is 62.3 Å². The average molecular weight is 283 g/mol. The first-order chi connectivity index (χ1) is 9.04. The lowest BCUT2D eigenvalue weighted by Gasteiger charge is -2.29. The van der Waals surface area contributed by atoms with Crippen molar-refractivity contribution in [1.82, 2.24) is 9.29 Å². The summed E-state index contributed by atoms with van der Waals surface area (Å²) >= 11 is 0. The molecule has 1 fully saturated rings. The van der Waals surface area contributed by atoms with Crippen LogP contribution in [0.3, 0.4) is 0 Å². The summed E-state index contributed by atoms with van der Waals surface area (Å²) < 4.78 is 26.4. The Morgan fingerprint density at radius 3 is 2.58 bits per heavy atom. The third kappa shape index (κ3) is 3.25. The number of pyridine rings is 1. The Hall–Kier alpha value is -1.14. The summed E-state index contributed by atoms with van der Waals surface area (Å²) in [5.74, 6) is 1.31. The van der Waals surface area contributed by atoms with E-state index in [1.54, 1.807) is 16.4 Å². The van der Waals surface area contributed by atoms with Gasteiger partial charge in [-0.25, -0.2) is 13.4 Å². The van der Waals surface area contributed by atoms with Crippen molar-refractivity contribution < 1.29 is 8.42 Å². The van der Waals surface area contributed by atoms with E-state index in [4.69, 9.17) is 0 Å². The number of rotatable bonds is 4. The van der Waals surface area contributed by atoms with Crippen molar-refractivity contribution in [2.24, 2.45) is 5.92 Å². The fourth-order valence-corrected chi connectivity index (χ4v) is 3.61. The van der Waals surface area contributed by atoms with E-state index >= 15 is 0 Å². The molecular formula is C13H21N3O2S. The fourth-order valence-electron chi connectivity index (χ4n) is 2.19. The maximum atomic E-state index is 12.4. The summed E-state index contributed by atoms with van der Waals surface area (Å²) in [4.78, 5) is 4.41. The number of sulfonamides is 1. The molecule has 0 aromatic carbocycles. The van der Waals surface area contributed by atoms with Crippen molar-refractivity contribution in [3.05, 3.63) is 18.3 Å². The molecule has 1 N–H and O–H groups in total. The molecular weight excluding hydrogens is 262 g/mol. The molecule has 1 aromatic rings. The van der Waals surface area contributed by atoms with Crippen LogP contribution in [-0.4, -0.2) is 37.3 Å². The van der Waals surface area contributed by atoms with Gasteiger partial charge < -0.3 is 5.32 Å². The van der Waals surface area contributed by atoms with Crippen LogP contribution >= 0.6 is 0 Å². The van der Waals surface area contributed by atoms with Crippen molar-refractivity contribution in [1.29, 1.82) is 0 Å². The summed E-state index contributed by atoms with van der Waals surface area (Å²) in [7, 11) is -3.37. The molecule has 0 amide bonds. The number of hydrogen-bond donors (Lipinski definition) is 1. The highest BCUT2D eigenvalue weighted by Gasteiger charge is 2.28. The molecule has 2 rings (SSSR count). The summed E-state index contributed by atoms with van der Waals surface area (Å²) in [6.07, 6.45) is 3.30. The number of nitrogens with zero attached hydrogens (tertiary/aromatic N) is 2. The highest BCUT2D eigenvalue weighted by Crippen LogP contribution is 2.23. The highest BCUT2D eigenvalue weighted by atomic mass is 32.2. The molecule has 1 aliphatic heterocycles. The Morgan fingerprint density at radius 2 is 2.05 bits per heavy atom. The Kier molecular flexibility index (Phi) is 4.42. The van der Waals surface area contributed by atoms with Crippen LogP contribution in [0.5, 0.6) is 0 Å².